The number of hydrogen-bond donors (Lipinski definition) is 0. The topological polar surface area (TPSA) is 23.8 Å². The maximum absolute atomic E-state index is 7.61. The van der Waals surface area contributed by atoms with Crippen LogP contribution in [0.4, 0.5) is 0 Å². The molecule has 0 aliphatic heterocycles. The van der Waals surface area contributed by atoms with Crippen LogP contribution in [0.15, 0.2) is 77.4 Å². The number of benzene rings is 2. The summed E-state index contributed by atoms with van der Waals surface area (Å²) in [4.78, 5) is 0. The average molecular weight is 523 g/mol. The molecule has 0 amide bonds. The van der Waals surface area contributed by atoms with E-state index in [4.69, 9.17) is 5.73 Å². The molecule has 2 aromatic rings. The second kappa shape index (κ2) is 20.9. The van der Waals surface area contributed by atoms with Crippen molar-refractivity contribution in [3.05, 3.63) is 89.2 Å². The van der Waals surface area contributed by atoms with Gasteiger partial charge < -0.3 is 5.73 Å². The molecular weight excluding hydrogens is 474 g/mol. The van der Waals surface area contributed by atoms with Crippen LogP contribution in [0.5, 0.6) is 0 Å². The van der Waals surface area contributed by atoms with E-state index in [0.717, 1.165) is 22.4 Å². The third-order valence-corrected chi connectivity index (χ3v) is 6.47. The third kappa shape index (κ3) is 14.8. The largest absolute Gasteiger partial charge is 2.00 e. The van der Waals surface area contributed by atoms with Crippen LogP contribution >= 0.6 is 0 Å². The molecule has 0 heterocycles. The molecule has 1 atom stereocenters. The Kier molecular flexibility index (Phi) is 20.2. The first-order valence-electron chi connectivity index (χ1n) is 13.2. The Morgan fingerprint density at radius 1 is 0.714 bits per heavy atom. The van der Waals surface area contributed by atoms with Gasteiger partial charge in [-0.15, -0.1) is 13.0 Å². The van der Waals surface area contributed by atoms with Crippen molar-refractivity contribution in [1.82, 2.24) is 0 Å². The van der Waals surface area contributed by atoms with E-state index in [1.54, 1.807) is 0 Å². The minimum Gasteiger partial charge on any atom is -0.675 e. The molecule has 1 N–H and O–H groups in total. The number of rotatable bonds is 1. The minimum atomic E-state index is 0. The molecule has 3 heteroatoms. The van der Waals surface area contributed by atoms with Crippen LogP contribution in [0.3, 0.4) is 0 Å². The normalized spacial score (nSPS) is 17.9. The molecule has 189 valence electrons. The Bertz CT molecular complexity index is 782. The molecule has 1 nitrogen and oxygen atoms in total. The summed E-state index contributed by atoms with van der Waals surface area (Å²) >= 11 is 0. The van der Waals surface area contributed by atoms with Crippen molar-refractivity contribution in [2.24, 2.45) is 5.92 Å². The van der Waals surface area contributed by atoms with Crippen molar-refractivity contribution >= 4 is 9.52 Å². The summed E-state index contributed by atoms with van der Waals surface area (Å²) in [6.07, 6.45) is 13.8. The first-order chi connectivity index (χ1) is 16.4. The molecule has 1 unspecified atom stereocenters. The van der Waals surface area contributed by atoms with E-state index in [1.807, 2.05) is 12.1 Å². The maximum Gasteiger partial charge on any atom is 2.00 e. The predicted octanol–water partition coefficient (Wildman–Crippen LogP) is 10.1. The molecular formula is C32H48NSiTi. The number of hydrogen-bond acceptors (Lipinski definition) is 0. The quantitative estimate of drug-likeness (QED) is 0.263. The van der Waals surface area contributed by atoms with Gasteiger partial charge in [0.1, 0.15) is 0 Å². The zero-order valence-electron chi connectivity index (χ0n) is 23.2. The predicted molar refractivity (Wildman–Crippen MR) is 156 cm³/mol. The molecule has 0 spiro atoms. The monoisotopic (exact) mass is 522 g/mol. The van der Waals surface area contributed by atoms with Gasteiger partial charge in [0, 0.05) is 9.52 Å². The van der Waals surface area contributed by atoms with Crippen molar-refractivity contribution in [3.63, 3.8) is 0 Å². The standard InChI is InChI=1S/C12H10.C9H18N.C9H13.C2H7Si.Ti/c1-3-7-11(8-4-1)12-9-5-2-6-10-12;10-9-7-5-3-1-2-4-6-8-9;1-6-5-7(2)9(4)8(6)3;1-3-2;/h1-10H;9-10H,1-8H2;6H,1-4H3;3H,1-2H3;/q;2*-1;;+2. The van der Waals surface area contributed by atoms with Crippen LogP contribution in [0.2, 0.25) is 13.1 Å². The van der Waals surface area contributed by atoms with Crippen LogP contribution in [0, 0.1) is 12.0 Å². The third-order valence-electron chi connectivity index (χ3n) is 6.47. The summed E-state index contributed by atoms with van der Waals surface area (Å²) in [6, 6.07) is 21.0. The summed E-state index contributed by atoms with van der Waals surface area (Å²) in [6.45, 7) is 13.1. The van der Waals surface area contributed by atoms with Crippen molar-refractivity contribution in [2.75, 3.05) is 0 Å². The van der Waals surface area contributed by atoms with E-state index < -0.39 is 0 Å². The Morgan fingerprint density at radius 2 is 1.09 bits per heavy atom. The average Bonchev–Trinajstić information content (AvgIpc) is 3.15. The van der Waals surface area contributed by atoms with Crippen LogP contribution in [0.25, 0.3) is 16.9 Å². The van der Waals surface area contributed by atoms with Gasteiger partial charge in [-0.05, 0) is 11.1 Å². The summed E-state index contributed by atoms with van der Waals surface area (Å²) < 4.78 is 0. The van der Waals surface area contributed by atoms with Gasteiger partial charge in [0.25, 0.3) is 0 Å². The molecule has 0 aromatic heterocycles. The Balaban J connectivity index is 0.000000467. The van der Waals surface area contributed by atoms with Crippen molar-refractivity contribution < 1.29 is 21.7 Å². The maximum atomic E-state index is 7.61. The van der Waals surface area contributed by atoms with E-state index in [1.165, 1.54) is 66.4 Å². The van der Waals surface area contributed by atoms with E-state index in [9.17, 15) is 0 Å². The molecule has 2 aliphatic rings. The van der Waals surface area contributed by atoms with Gasteiger partial charge in [-0.2, -0.15) is 11.1 Å². The smallest absolute Gasteiger partial charge is 0.675 e. The van der Waals surface area contributed by atoms with Gasteiger partial charge in [-0.3, -0.25) is 6.08 Å². The van der Waals surface area contributed by atoms with Gasteiger partial charge in [0.15, 0.2) is 0 Å². The molecule has 4 rings (SSSR count). The summed E-state index contributed by atoms with van der Waals surface area (Å²) in [5, 5.41) is 0. The van der Waals surface area contributed by atoms with Crippen molar-refractivity contribution in [2.45, 2.75) is 98.2 Å². The number of nitrogens with one attached hydrogen (secondary N) is 1. The SMILES string of the molecule is CC1=[C-]C(C)C(C)=C1C.C[SiH]C.[NH-]C1CCCCCCCC1.[Ti+2].c1ccc(-c2ccccc2)cc1. The summed E-state index contributed by atoms with van der Waals surface area (Å²) in [5.74, 6) is 0.560. The molecule has 2 aromatic carbocycles. The van der Waals surface area contributed by atoms with E-state index in [2.05, 4.69) is 95.4 Å². The fourth-order valence-corrected chi connectivity index (χ4v) is 4.06. The van der Waals surface area contributed by atoms with Gasteiger partial charge in [0.05, 0.1) is 0 Å². The van der Waals surface area contributed by atoms with E-state index in [-0.39, 0.29) is 27.8 Å². The molecule has 0 saturated heterocycles. The molecule has 0 bridgehead atoms. The minimum absolute atomic E-state index is 0. The molecule has 2 aliphatic carbocycles. The second-order valence-corrected chi connectivity index (χ2v) is 10.7. The first kappa shape index (κ1) is 33.8. The van der Waals surface area contributed by atoms with Gasteiger partial charge in [-0.1, -0.05) is 152 Å². The molecule has 1 saturated carbocycles. The van der Waals surface area contributed by atoms with Crippen molar-refractivity contribution in [3.8, 4) is 11.1 Å². The molecule has 1 radical (unpaired) electrons. The second-order valence-electron chi connectivity index (χ2n) is 9.50. The zero-order chi connectivity index (χ0) is 25.2. The van der Waals surface area contributed by atoms with Crippen LogP contribution in [-0.2, 0) is 21.7 Å². The fraction of sp³-hybridized carbons (Fsp3) is 0.500. The molecule has 35 heavy (non-hydrogen) atoms. The first-order valence-corrected chi connectivity index (χ1v) is 15.5. The van der Waals surface area contributed by atoms with Crippen LogP contribution in [0.1, 0.15) is 79.1 Å². The Labute approximate surface area is 234 Å². The summed E-state index contributed by atoms with van der Waals surface area (Å²) in [7, 11) is 0.750. The molecule has 1 fully saturated rings. The van der Waals surface area contributed by atoms with E-state index >= 15 is 0 Å². The zero-order valence-corrected chi connectivity index (χ0v) is 25.9. The van der Waals surface area contributed by atoms with Crippen LogP contribution < -0.4 is 0 Å². The summed E-state index contributed by atoms with van der Waals surface area (Å²) in [5.41, 5.74) is 14.4. The fourth-order valence-electron chi connectivity index (χ4n) is 4.06. The number of allylic oxidation sites excluding steroid dienone is 4. The Hall–Kier alpha value is -1.19. The van der Waals surface area contributed by atoms with E-state index in [0.29, 0.717) is 5.92 Å². The Morgan fingerprint density at radius 3 is 1.37 bits per heavy atom. The van der Waals surface area contributed by atoms with Gasteiger partial charge in [-0.25, -0.2) is 5.57 Å². The van der Waals surface area contributed by atoms with Crippen molar-refractivity contribution in [1.29, 1.82) is 0 Å². The van der Waals surface area contributed by atoms with Gasteiger partial charge in [0.2, 0.25) is 0 Å². The van der Waals surface area contributed by atoms with Gasteiger partial charge >= 0.3 is 21.7 Å². The van der Waals surface area contributed by atoms with Crippen LogP contribution in [-0.4, -0.2) is 15.6 Å².